The van der Waals surface area contributed by atoms with Crippen molar-refractivity contribution in [2.24, 2.45) is 0 Å². The number of esters is 1. The van der Waals surface area contributed by atoms with Crippen molar-refractivity contribution >= 4 is 11.8 Å². The van der Waals surface area contributed by atoms with E-state index >= 15 is 0 Å². The summed E-state index contributed by atoms with van der Waals surface area (Å²) < 4.78 is 17.8. The van der Waals surface area contributed by atoms with Crippen LogP contribution in [0.5, 0.6) is 0 Å². The van der Waals surface area contributed by atoms with E-state index in [1.807, 2.05) is 19.9 Å². The van der Waals surface area contributed by atoms with Gasteiger partial charge >= 0.3 is 5.97 Å². The first kappa shape index (κ1) is 14.4. The van der Waals surface area contributed by atoms with Gasteiger partial charge in [0.15, 0.2) is 0 Å². The molecular formula is C14H17FO3. The highest BCUT2D eigenvalue weighted by atomic mass is 19.1. The van der Waals surface area contributed by atoms with Gasteiger partial charge in [-0.25, -0.2) is 9.18 Å². The monoisotopic (exact) mass is 252 g/mol. The summed E-state index contributed by atoms with van der Waals surface area (Å²) >= 11 is 0. The number of alkyl halides is 1. The largest absolute Gasteiger partial charge is 0.467 e. The van der Waals surface area contributed by atoms with Crippen molar-refractivity contribution in [1.82, 2.24) is 0 Å². The third-order valence-corrected chi connectivity index (χ3v) is 2.86. The minimum atomic E-state index is -2.24. The van der Waals surface area contributed by atoms with Gasteiger partial charge in [0.1, 0.15) is 0 Å². The van der Waals surface area contributed by atoms with Gasteiger partial charge in [-0.3, -0.25) is 4.79 Å². The van der Waals surface area contributed by atoms with Crippen molar-refractivity contribution in [3.8, 4) is 0 Å². The van der Waals surface area contributed by atoms with Crippen LogP contribution in [-0.4, -0.2) is 25.0 Å². The van der Waals surface area contributed by atoms with Crippen molar-refractivity contribution in [3.63, 3.8) is 0 Å². The third-order valence-electron chi connectivity index (χ3n) is 2.86. The highest BCUT2D eigenvalue weighted by Gasteiger charge is 2.29. The number of Topliss-reactive ketones (excluding diaryl/α,β-unsaturated/α-hetero) is 1. The molecule has 98 valence electrons. The molecule has 0 aliphatic rings. The van der Waals surface area contributed by atoms with Crippen LogP contribution in [0.2, 0.25) is 0 Å². The van der Waals surface area contributed by atoms with E-state index in [-0.39, 0.29) is 5.56 Å². The third kappa shape index (κ3) is 2.94. The second-order valence-electron chi connectivity index (χ2n) is 3.95. The lowest BCUT2D eigenvalue weighted by Gasteiger charge is -2.10. The van der Waals surface area contributed by atoms with Gasteiger partial charge in [0.05, 0.1) is 7.11 Å². The predicted molar refractivity (Wildman–Crippen MR) is 66.4 cm³/mol. The molecule has 0 amide bonds. The smallest absolute Gasteiger partial charge is 0.348 e. The maximum Gasteiger partial charge on any atom is 0.348 e. The highest BCUT2D eigenvalue weighted by Crippen LogP contribution is 2.17. The highest BCUT2D eigenvalue weighted by molar-refractivity contribution is 6.11. The quantitative estimate of drug-likeness (QED) is 0.459. The lowest BCUT2D eigenvalue weighted by Crippen LogP contribution is -2.27. The summed E-state index contributed by atoms with van der Waals surface area (Å²) in [7, 11) is 1.06. The van der Waals surface area contributed by atoms with Crippen molar-refractivity contribution in [1.29, 1.82) is 0 Å². The van der Waals surface area contributed by atoms with Gasteiger partial charge in [0.2, 0.25) is 5.78 Å². The van der Waals surface area contributed by atoms with E-state index in [9.17, 15) is 14.0 Å². The number of hydrogen-bond donors (Lipinski definition) is 0. The van der Waals surface area contributed by atoms with E-state index in [0.29, 0.717) is 6.42 Å². The Bertz CT molecular complexity index is 454. The van der Waals surface area contributed by atoms with Crippen LogP contribution >= 0.6 is 0 Å². The Labute approximate surface area is 106 Å². The normalized spacial score (nSPS) is 12.0. The molecule has 0 saturated carbocycles. The molecule has 0 aliphatic heterocycles. The molecule has 0 aliphatic carbocycles. The van der Waals surface area contributed by atoms with E-state index in [4.69, 9.17) is 0 Å². The SMILES string of the molecule is CCc1ccc(C(=O)C(F)C(=O)OC)c(CC)c1. The molecule has 3 nitrogen and oxygen atoms in total. The number of carbonyl (C=O) groups excluding carboxylic acids is 2. The first-order valence-electron chi connectivity index (χ1n) is 5.93. The zero-order valence-corrected chi connectivity index (χ0v) is 10.8. The van der Waals surface area contributed by atoms with Crippen LogP contribution in [0.25, 0.3) is 0 Å². The summed E-state index contributed by atoms with van der Waals surface area (Å²) in [5, 5.41) is 0. The minimum Gasteiger partial charge on any atom is -0.467 e. The van der Waals surface area contributed by atoms with E-state index < -0.39 is 17.9 Å². The van der Waals surface area contributed by atoms with Crippen LogP contribution in [0.4, 0.5) is 4.39 Å². The topological polar surface area (TPSA) is 43.4 Å². The molecule has 1 atom stereocenters. The van der Waals surface area contributed by atoms with Crippen LogP contribution < -0.4 is 0 Å². The molecule has 1 rings (SSSR count). The second-order valence-corrected chi connectivity index (χ2v) is 3.95. The molecule has 0 aromatic heterocycles. The molecule has 0 heterocycles. The average molecular weight is 252 g/mol. The van der Waals surface area contributed by atoms with Crippen molar-refractivity contribution in [2.45, 2.75) is 32.9 Å². The van der Waals surface area contributed by atoms with Gasteiger partial charge < -0.3 is 4.74 Å². The number of ketones is 1. The van der Waals surface area contributed by atoms with Gasteiger partial charge in [-0.15, -0.1) is 0 Å². The number of halogens is 1. The van der Waals surface area contributed by atoms with Crippen LogP contribution in [0.3, 0.4) is 0 Å². The molecule has 4 heteroatoms. The standard InChI is InChI=1S/C14H17FO3/c1-4-9-6-7-11(10(5-2)8-9)13(16)12(15)14(17)18-3/h6-8,12H,4-5H2,1-3H3. The fraction of sp³-hybridized carbons (Fsp3) is 0.429. The number of methoxy groups -OCH3 is 1. The van der Waals surface area contributed by atoms with Gasteiger partial charge in [-0.05, 0) is 24.0 Å². The first-order chi connectivity index (χ1) is 8.54. The van der Waals surface area contributed by atoms with Crippen molar-refractivity contribution in [2.75, 3.05) is 7.11 Å². The zero-order chi connectivity index (χ0) is 13.7. The summed E-state index contributed by atoms with van der Waals surface area (Å²) in [6, 6.07) is 5.23. The summed E-state index contributed by atoms with van der Waals surface area (Å²) in [5.41, 5.74) is 2.09. The maximum atomic E-state index is 13.6. The summed E-state index contributed by atoms with van der Waals surface area (Å²) in [6.45, 7) is 3.89. The second kappa shape index (κ2) is 6.28. The van der Waals surface area contributed by atoms with Crippen LogP contribution in [0.15, 0.2) is 18.2 Å². The molecular weight excluding hydrogens is 235 g/mol. The number of aryl methyl sites for hydroxylation is 2. The average Bonchev–Trinajstić information content (AvgIpc) is 2.43. The molecule has 0 saturated heterocycles. The number of ether oxygens (including phenoxy) is 1. The minimum absolute atomic E-state index is 0.257. The predicted octanol–water partition coefficient (Wildman–Crippen LogP) is 2.51. The van der Waals surface area contributed by atoms with Gasteiger partial charge in [-0.2, -0.15) is 0 Å². The molecule has 1 aromatic carbocycles. The van der Waals surface area contributed by atoms with Crippen molar-refractivity contribution < 1.29 is 18.7 Å². The summed E-state index contributed by atoms with van der Waals surface area (Å²) in [6.07, 6.45) is -0.784. The van der Waals surface area contributed by atoms with Crippen LogP contribution in [-0.2, 0) is 22.4 Å². The van der Waals surface area contributed by atoms with Gasteiger partial charge in [-0.1, -0.05) is 32.0 Å². The van der Waals surface area contributed by atoms with Crippen LogP contribution in [0, 0.1) is 0 Å². The first-order valence-corrected chi connectivity index (χ1v) is 5.93. The Morgan fingerprint density at radius 3 is 2.44 bits per heavy atom. The molecule has 0 spiro atoms. The molecule has 0 radical (unpaired) electrons. The number of rotatable bonds is 5. The Hall–Kier alpha value is -1.71. The number of benzene rings is 1. The van der Waals surface area contributed by atoms with Gasteiger partial charge in [0.25, 0.3) is 6.17 Å². The molecule has 0 fully saturated rings. The van der Waals surface area contributed by atoms with Crippen molar-refractivity contribution in [3.05, 3.63) is 34.9 Å². The number of carbonyl (C=O) groups is 2. The lowest BCUT2D eigenvalue weighted by atomic mass is 9.96. The van der Waals surface area contributed by atoms with Crippen LogP contribution in [0.1, 0.15) is 35.3 Å². The molecule has 0 bridgehead atoms. The van der Waals surface area contributed by atoms with E-state index in [1.165, 1.54) is 0 Å². The number of hydrogen-bond acceptors (Lipinski definition) is 3. The molecule has 0 N–H and O–H groups in total. The van der Waals surface area contributed by atoms with E-state index in [1.54, 1.807) is 12.1 Å². The Balaban J connectivity index is 3.09. The molecule has 1 aromatic rings. The zero-order valence-electron chi connectivity index (χ0n) is 10.8. The fourth-order valence-corrected chi connectivity index (χ4v) is 1.75. The Kier molecular flexibility index (Phi) is 5.01. The molecule has 1 unspecified atom stereocenters. The Morgan fingerprint density at radius 1 is 1.28 bits per heavy atom. The summed E-state index contributed by atoms with van der Waals surface area (Å²) in [5.74, 6) is -1.98. The van der Waals surface area contributed by atoms with Gasteiger partial charge in [0, 0.05) is 5.56 Å². The summed E-state index contributed by atoms with van der Waals surface area (Å²) in [4.78, 5) is 22.9. The maximum absolute atomic E-state index is 13.6. The lowest BCUT2D eigenvalue weighted by molar-refractivity contribution is -0.144. The molecule has 18 heavy (non-hydrogen) atoms. The Morgan fingerprint density at radius 2 is 1.94 bits per heavy atom. The van der Waals surface area contributed by atoms with E-state index in [0.717, 1.165) is 24.7 Å². The fourth-order valence-electron chi connectivity index (χ4n) is 1.75. The van der Waals surface area contributed by atoms with E-state index in [2.05, 4.69) is 4.74 Å².